The summed E-state index contributed by atoms with van der Waals surface area (Å²) >= 11 is 6.10. The fourth-order valence-corrected chi connectivity index (χ4v) is 6.56. The third-order valence-corrected chi connectivity index (χ3v) is 8.69. The Balaban J connectivity index is 1.28. The zero-order valence-corrected chi connectivity index (χ0v) is 22.6. The molecule has 0 aliphatic carbocycles. The van der Waals surface area contributed by atoms with Gasteiger partial charge in [-0.2, -0.15) is 0 Å². The summed E-state index contributed by atoms with van der Waals surface area (Å²) in [7, 11) is -2.23. The predicted octanol–water partition coefficient (Wildman–Crippen LogP) is 4.83. The summed E-state index contributed by atoms with van der Waals surface area (Å²) in [5.41, 5.74) is 2.54. The van der Waals surface area contributed by atoms with Crippen molar-refractivity contribution in [2.45, 2.75) is 17.2 Å². The number of nitrogens with zero attached hydrogens (tertiary/aromatic N) is 3. The molecule has 1 aliphatic rings. The van der Waals surface area contributed by atoms with Gasteiger partial charge < -0.3 is 9.64 Å². The van der Waals surface area contributed by atoms with Crippen molar-refractivity contribution in [1.82, 2.24) is 14.8 Å². The first-order valence-corrected chi connectivity index (χ1v) is 14.4. The number of carbonyl (C=O) groups is 1. The van der Waals surface area contributed by atoms with Crippen LogP contribution in [0.25, 0.3) is 10.9 Å². The van der Waals surface area contributed by atoms with E-state index in [-0.39, 0.29) is 16.6 Å². The molecule has 0 N–H and O–H groups in total. The number of rotatable bonds is 7. The quantitative estimate of drug-likeness (QED) is 0.328. The second kappa shape index (κ2) is 11.1. The third-order valence-electron chi connectivity index (χ3n) is 6.77. The van der Waals surface area contributed by atoms with Gasteiger partial charge in [-0.25, -0.2) is 8.42 Å². The summed E-state index contributed by atoms with van der Waals surface area (Å²) in [5.74, 6) is 0.00765. The van der Waals surface area contributed by atoms with Crippen molar-refractivity contribution >= 4 is 38.2 Å². The molecule has 2 heterocycles. The predicted molar refractivity (Wildman–Crippen MR) is 148 cm³/mol. The van der Waals surface area contributed by atoms with Crippen molar-refractivity contribution < 1.29 is 17.9 Å². The first kappa shape index (κ1) is 26.2. The van der Waals surface area contributed by atoms with Gasteiger partial charge in [-0.3, -0.25) is 14.7 Å². The van der Waals surface area contributed by atoms with E-state index in [4.69, 9.17) is 16.3 Å². The van der Waals surface area contributed by atoms with E-state index in [0.717, 1.165) is 35.6 Å². The highest BCUT2D eigenvalue weighted by Crippen LogP contribution is 2.29. The molecule has 1 aliphatic heterocycles. The Morgan fingerprint density at radius 2 is 1.74 bits per heavy atom. The van der Waals surface area contributed by atoms with E-state index in [2.05, 4.69) is 9.88 Å². The van der Waals surface area contributed by atoms with Crippen molar-refractivity contribution in [3.05, 3.63) is 101 Å². The molecule has 4 aromatic rings. The molecule has 1 aromatic heterocycles. The molecule has 1 saturated heterocycles. The van der Waals surface area contributed by atoms with Crippen LogP contribution in [0, 0.1) is 0 Å². The molecule has 196 valence electrons. The Bertz CT molecular complexity index is 1580. The smallest absolute Gasteiger partial charge is 0.254 e. The van der Waals surface area contributed by atoms with Gasteiger partial charge in [-0.05, 0) is 42.0 Å². The number of aromatic nitrogens is 1. The second-order valence-electron chi connectivity index (χ2n) is 9.32. The molecule has 0 unspecified atom stereocenters. The molecular formula is C29H28ClN3O4S. The minimum atomic E-state index is -3.71. The number of hydrogen-bond donors (Lipinski definition) is 0. The summed E-state index contributed by atoms with van der Waals surface area (Å²) in [5, 5.41) is 1.48. The number of ether oxygens (including phenoxy) is 1. The Morgan fingerprint density at radius 1 is 0.974 bits per heavy atom. The zero-order chi connectivity index (χ0) is 26.7. The number of hydrogen-bond acceptors (Lipinski definition) is 6. The summed E-state index contributed by atoms with van der Waals surface area (Å²) in [6, 6.07) is 21.5. The van der Waals surface area contributed by atoms with Crippen molar-refractivity contribution in [2.75, 3.05) is 33.3 Å². The maximum Gasteiger partial charge on any atom is 0.254 e. The first-order chi connectivity index (χ1) is 18.3. The van der Waals surface area contributed by atoms with Gasteiger partial charge in [-0.1, -0.05) is 48.0 Å². The Morgan fingerprint density at radius 3 is 2.50 bits per heavy atom. The van der Waals surface area contributed by atoms with Crippen LogP contribution in [-0.4, -0.2) is 62.4 Å². The molecule has 9 heteroatoms. The van der Waals surface area contributed by atoms with Crippen LogP contribution in [0.15, 0.2) is 83.9 Å². The van der Waals surface area contributed by atoms with Crippen LogP contribution >= 0.6 is 11.6 Å². The van der Waals surface area contributed by atoms with Gasteiger partial charge in [0.05, 0.1) is 23.3 Å². The second-order valence-corrected chi connectivity index (χ2v) is 11.7. The SMILES string of the molecule is COc1cc(C(=O)N2CCN(Cc3cccc(Cl)c3)CC2)ccc1CS(=O)(=O)c1cccc2cccnc12. The highest BCUT2D eigenvalue weighted by Gasteiger charge is 2.25. The van der Waals surface area contributed by atoms with E-state index in [1.165, 1.54) is 7.11 Å². The van der Waals surface area contributed by atoms with Gasteiger partial charge in [0, 0.05) is 60.5 Å². The van der Waals surface area contributed by atoms with Crippen LogP contribution in [0.4, 0.5) is 0 Å². The lowest BCUT2D eigenvalue weighted by atomic mass is 10.1. The van der Waals surface area contributed by atoms with E-state index in [9.17, 15) is 13.2 Å². The van der Waals surface area contributed by atoms with Crippen LogP contribution in [0.3, 0.4) is 0 Å². The molecule has 0 atom stereocenters. The highest BCUT2D eigenvalue weighted by molar-refractivity contribution is 7.90. The van der Waals surface area contributed by atoms with Gasteiger partial charge >= 0.3 is 0 Å². The molecule has 1 fully saturated rings. The average molecular weight is 550 g/mol. The van der Waals surface area contributed by atoms with Gasteiger partial charge in [0.15, 0.2) is 9.84 Å². The fraction of sp³-hybridized carbons (Fsp3) is 0.241. The van der Waals surface area contributed by atoms with Crippen LogP contribution in [0.1, 0.15) is 21.5 Å². The number of methoxy groups -OCH3 is 1. The summed E-state index contributed by atoms with van der Waals surface area (Å²) < 4.78 is 32.2. The fourth-order valence-electron chi connectivity index (χ4n) is 4.79. The monoisotopic (exact) mass is 549 g/mol. The van der Waals surface area contributed by atoms with E-state index in [1.807, 2.05) is 41.3 Å². The van der Waals surface area contributed by atoms with Crippen LogP contribution in [-0.2, 0) is 22.1 Å². The first-order valence-electron chi connectivity index (χ1n) is 12.3. The lowest BCUT2D eigenvalue weighted by molar-refractivity contribution is 0.0628. The number of amides is 1. The Labute approximate surface area is 227 Å². The number of benzene rings is 3. The van der Waals surface area contributed by atoms with E-state index in [1.54, 1.807) is 42.6 Å². The Kier molecular flexibility index (Phi) is 7.65. The van der Waals surface area contributed by atoms with Crippen LogP contribution in [0.5, 0.6) is 5.75 Å². The number of halogens is 1. The molecule has 0 bridgehead atoms. The minimum Gasteiger partial charge on any atom is -0.496 e. The van der Waals surface area contributed by atoms with E-state index >= 15 is 0 Å². The number of piperazine rings is 1. The summed E-state index contributed by atoms with van der Waals surface area (Å²) in [4.78, 5) is 21.8. The molecular weight excluding hydrogens is 522 g/mol. The van der Waals surface area contributed by atoms with E-state index in [0.29, 0.717) is 35.5 Å². The van der Waals surface area contributed by atoms with Crippen molar-refractivity contribution in [1.29, 1.82) is 0 Å². The number of fused-ring (bicyclic) bond motifs is 1. The van der Waals surface area contributed by atoms with Crippen LogP contribution in [0.2, 0.25) is 5.02 Å². The number of sulfone groups is 1. The third kappa shape index (κ3) is 5.67. The summed E-state index contributed by atoms with van der Waals surface area (Å²) in [6.07, 6.45) is 1.58. The molecule has 1 amide bonds. The van der Waals surface area contributed by atoms with Crippen molar-refractivity contribution in [2.24, 2.45) is 0 Å². The van der Waals surface area contributed by atoms with E-state index < -0.39 is 9.84 Å². The van der Waals surface area contributed by atoms with Gasteiger partial charge in [0.25, 0.3) is 5.91 Å². The topological polar surface area (TPSA) is 79.8 Å². The standard InChI is InChI=1S/C29H28ClN3O4S/c1-37-26-18-23(29(34)33-15-13-32(14-16-33)19-21-5-2-8-25(30)17-21)10-11-24(26)20-38(35,36)27-9-3-6-22-7-4-12-31-28(22)27/h2-12,17-18H,13-16,19-20H2,1H3. The highest BCUT2D eigenvalue weighted by atomic mass is 35.5. The van der Waals surface area contributed by atoms with Crippen molar-refractivity contribution in [3.8, 4) is 5.75 Å². The molecule has 0 saturated carbocycles. The van der Waals surface area contributed by atoms with Gasteiger partial charge in [0.2, 0.25) is 0 Å². The molecule has 0 spiro atoms. The van der Waals surface area contributed by atoms with Crippen LogP contribution < -0.4 is 4.74 Å². The molecule has 0 radical (unpaired) electrons. The van der Waals surface area contributed by atoms with Gasteiger partial charge in [0.1, 0.15) is 5.75 Å². The normalized spacial score (nSPS) is 14.5. The largest absolute Gasteiger partial charge is 0.496 e. The molecule has 38 heavy (non-hydrogen) atoms. The Hall–Kier alpha value is -3.46. The minimum absolute atomic E-state index is 0.0987. The molecule has 3 aromatic carbocycles. The number of para-hydroxylation sites is 1. The average Bonchev–Trinajstić information content (AvgIpc) is 2.93. The lowest BCUT2D eigenvalue weighted by Crippen LogP contribution is -2.48. The maximum absolute atomic E-state index is 13.3. The lowest BCUT2D eigenvalue weighted by Gasteiger charge is -2.35. The number of carbonyl (C=O) groups excluding carboxylic acids is 1. The summed E-state index contributed by atoms with van der Waals surface area (Å²) in [6.45, 7) is 3.50. The van der Waals surface area contributed by atoms with Crippen molar-refractivity contribution in [3.63, 3.8) is 0 Å². The van der Waals surface area contributed by atoms with Gasteiger partial charge in [-0.15, -0.1) is 0 Å². The molecule has 7 nitrogen and oxygen atoms in total. The number of pyridine rings is 1. The molecule has 5 rings (SSSR count). The maximum atomic E-state index is 13.3. The zero-order valence-electron chi connectivity index (χ0n) is 21.0.